The maximum atomic E-state index is 5.12. The molecular formula is C13H22N4O. The first-order valence-electron chi connectivity index (χ1n) is 7.08. The fourth-order valence-corrected chi connectivity index (χ4v) is 3.18. The molecule has 2 aliphatic heterocycles. The third-order valence-electron chi connectivity index (χ3n) is 4.16. The van der Waals surface area contributed by atoms with Crippen molar-refractivity contribution in [2.75, 3.05) is 26.2 Å². The zero-order chi connectivity index (χ0) is 12.4. The van der Waals surface area contributed by atoms with Gasteiger partial charge in [-0.2, -0.15) is 4.98 Å². The molecule has 2 fully saturated rings. The van der Waals surface area contributed by atoms with Crippen LogP contribution in [0.5, 0.6) is 0 Å². The second kappa shape index (κ2) is 5.36. The van der Waals surface area contributed by atoms with Crippen LogP contribution >= 0.6 is 0 Å². The maximum absolute atomic E-state index is 5.12. The lowest BCUT2D eigenvalue weighted by Crippen LogP contribution is -2.36. The van der Waals surface area contributed by atoms with Crippen molar-refractivity contribution in [2.45, 2.75) is 38.6 Å². The second-order valence-corrected chi connectivity index (χ2v) is 5.52. The summed E-state index contributed by atoms with van der Waals surface area (Å²) in [6.45, 7) is 6.58. The minimum Gasteiger partial charge on any atom is -0.340 e. The Morgan fingerprint density at radius 2 is 2.17 bits per heavy atom. The van der Waals surface area contributed by atoms with E-state index >= 15 is 0 Å². The number of hydrogen-bond donors (Lipinski definition) is 1. The zero-order valence-electron chi connectivity index (χ0n) is 11.1. The van der Waals surface area contributed by atoms with Crippen LogP contribution in [-0.4, -0.2) is 41.2 Å². The highest BCUT2D eigenvalue weighted by Crippen LogP contribution is 2.31. The number of hydrogen-bond acceptors (Lipinski definition) is 5. The first kappa shape index (κ1) is 12.1. The van der Waals surface area contributed by atoms with Crippen LogP contribution in [0.3, 0.4) is 0 Å². The number of nitrogens with one attached hydrogen (secondary N) is 1. The molecule has 1 unspecified atom stereocenters. The van der Waals surface area contributed by atoms with Crippen molar-refractivity contribution in [1.29, 1.82) is 0 Å². The summed E-state index contributed by atoms with van der Waals surface area (Å²) in [7, 11) is 0. The van der Waals surface area contributed by atoms with Gasteiger partial charge in [-0.15, -0.1) is 0 Å². The summed E-state index contributed by atoms with van der Waals surface area (Å²) >= 11 is 0. The molecule has 5 heteroatoms. The number of aryl methyl sites for hydroxylation is 1. The molecule has 0 spiro atoms. The van der Waals surface area contributed by atoms with Gasteiger partial charge in [0.2, 0.25) is 5.89 Å². The molecule has 0 bridgehead atoms. The minimum absolute atomic E-state index is 0.386. The number of rotatable bonds is 3. The summed E-state index contributed by atoms with van der Waals surface area (Å²) in [5.74, 6) is 2.40. The molecule has 1 aromatic rings. The highest BCUT2D eigenvalue weighted by Gasteiger charge is 2.31. The first-order chi connectivity index (χ1) is 8.83. The van der Waals surface area contributed by atoms with Gasteiger partial charge < -0.3 is 9.84 Å². The third kappa shape index (κ3) is 2.57. The van der Waals surface area contributed by atoms with Gasteiger partial charge in [0.15, 0.2) is 5.82 Å². The quantitative estimate of drug-likeness (QED) is 0.881. The van der Waals surface area contributed by atoms with Gasteiger partial charge in [0, 0.05) is 13.5 Å². The van der Waals surface area contributed by atoms with E-state index in [9.17, 15) is 0 Å². The predicted molar refractivity (Wildman–Crippen MR) is 68.2 cm³/mol. The van der Waals surface area contributed by atoms with E-state index in [4.69, 9.17) is 4.52 Å². The van der Waals surface area contributed by atoms with Crippen molar-refractivity contribution in [3.8, 4) is 0 Å². The fourth-order valence-electron chi connectivity index (χ4n) is 3.18. The summed E-state index contributed by atoms with van der Waals surface area (Å²) in [6.07, 6.45) is 5.02. The Kier molecular flexibility index (Phi) is 3.61. The molecule has 3 heterocycles. The number of piperidine rings is 1. The average Bonchev–Trinajstić information content (AvgIpc) is 2.99. The monoisotopic (exact) mass is 250 g/mol. The topological polar surface area (TPSA) is 54.2 Å². The predicted octanol–water partition coefficient (Wildman–Crippen LogP) is 1.51. The zero-order valence-corrected chi connectivity index (χ0v) is 11.1. The van der Waals surface area contributed by atoms with Gasteiger partial charge in [-0.1, -0.05) is 5.16 Å². The van der Waals surface area contributed by atoms with Crippen LogP contribution in [0.4, 0.5) is 0 Å². The molecule has 0 saturated carbocycles. The second-order valence-electron chi connectivity index (χ2n) is 5.52. The highest BCUT2D eigenvalue weighted by molar-refractivity contribution is 4.98. The van der Waals surface area contributed by atoms with E-state index < -0.39 is 0 Å². The third-order valence-corrected chi connectivity index (χ3v) is 4.16. The molecule has 0 amide bonds. The van der Waals surface area contributed by atoms with Crippen molar-refractivity contribution >= 4 is 0 Å². The summed E-state index contributed by atoms with van der Waals surface area (Å²) in [5.41, 5.74) is 0. The Morgan fingerprint density at radius 1 is 1.33 bits per heavy atom. The molecule has 0 radical (unpaired) electrons. The highest BCUT2D eigenvalue weighted by atomic mass is 16.5. The van der Waals surface area contributed by atoms with Gasteiger partial charge in [0.05, 0.1) is 6.04 Å². The molecule has 0 aliphatic carbocycles. The lowest BCUT2D eigenvalue weighted by atomic mass is 9.97. The van der Waals surface area contributed by atoms with E-state index in [-0.39, 0.29) is 0 Å². The van der Waals surface area contributed by atoms with Gasteiger partial charge in [0.25, 0.3) is 0 Å². The van der Waals surface area contributed by atoms with E-state index in [1.165, 1.54) is 51.9 Å². The molecule has 2 saturated heterocycles. The van der Waals surface area contributed by atoms with Crippen molar-refractivity contribution < 1.29 is 4.52 Å². The molecule has 2 aliphatic rings. The van der Waals surface area contributed by atoms with Crippen LogP contribution in [0.25, 0.3) is 0 Å². The molecule has 5 nitrogen and oxygen atoms in total. The molecule has 1 N–H and O–H groups in total. The Balaban J connectivity index is 1.63. The molecule has 1 aromatic heterocycles. The van der Waals surface area contributed by atoms with E-state index in [0.29, 0.717) is 11.9 Å². The van der Waals surface area contributed by atoms with Gasteiger partial charge in [-0.3, -0.25) is 4.90 Å². The molecule has 100 valence electrons. The Bertz CT molecular complexity index is 386. The summed E-state index contributed by atoms with van der Waals surface area (Å²) in [4.78, 5) is 6.96. The molecule has 1 atom stereocenters. The van der Waals surface area contributed by atoms with Gasteiger partial charge >= 0.3 is 0 Å². The Morgan fingerprint density at radius 3 is 2.89 bits per heavy atom. The van der Waals surface area contributed by atoms with Gasteiger partial charge in [0.1, 0.15) is 0 Å². The van der Waals surface area contributed by atoms with Crippen molar-refractivity contribution in [3.05, 3.63) is 11.7 Å². The largest absolute Gasteiger partial charge is 0.340 e. The number of nitrogens with zero attached hydrogens (tertiary/aromatic N) is 3. The van der Waals surface area contributed by atoms with Crippen LogP contribution in [-0.2, 0) is 0 Å². The summed E-state index contributed by atoms with van der Waals surface area (Å²) < 4.78 is 5.12. The molecule has 18 heavy (non-hydrogen) atoms. The molecule has 3 rings (SSSR count). The average molecular weight is 250 g/mol. The Hall–Kier alpha value is -0.940. The summed E-state index contributed by atoms with van der Waals surface area (Å²) in [6, 6.07) is 0.386. The standard InChI is InChI=1S/C13H22N4O/c1-10-15-13(16-18-10)12-3-2-8-17(12)9-11-4-6-14-7-5-11/h11-12,14H,2-9H2,1H3. The normalized spacial score (nSPS) is 26.8. The van der Waals surface area contributed by atoms with Crippen molar-refractivity contribution in [1.82, 2.24) is 20.4 Å². The van der Waals surface area contributed by atoms with Crippen LogP contribution in [0.15, 0.2) is 4.52 Å². The fraction of sp³-hybridized carbons (Fsp3) is 0.846. The summed E-state index contributed by atoms with van der Waals surface area (Å²) in [5, 5.41) is 7.53. The van der Waals surface area contributed by atoms with Crippen molar-refractivity contribution in [3.63, 3.8) is 0 Å². The number of likely N-dealkylation sites (tertiary alicyclic amines) is 1. The van der Waals surface area contributed by atoms with Crippen LogP contribution in [0, 0.1) is 12.8 Å². The Labute approximate surface area is 108 Å². The van der Waals surface area contributed by atoms with Crippen LogP contribution in [0.2, 0.25) is 0 Å². The van der Waals surface area contributed by atoms with Crippen LogP contribution in [0.1, 0.15) is 43.4 Å². The van der Waals surface area contributed by atoms with E-state index in [1.807, 2.05) is 6.92 Å². The van der Waals surface area contributed by atoms with Crippen molar-refractivity contribution in [2.24, 2.45) is 5.92 Å². The molecular weight excluding hydrogens is 228 g/mol. The first-order valence-corrected chi connectivity index (χ1v) is 7.08. The van der Waals surface area contributed by atoms with E-state index in [2.05, 4.69) is 20.4 Å². The van der Waals surface area contributed by atoms with E-state index in [1.54, 1.807) is 0 Å². The van der Waals surface area contributed by atoms with Crippen LogP contribution < -0.4 is 5.32 Å². The maximum Gasteiger partial charge on any atom is 0.223 e. The van der Waals surface area contributed by atoms with E-state index in [0.717, 1.165) is 11.7 Å². The smallest absolute Gasteiger partial charge is 0.223 e. The van der Waals surface area contributed by atoms with Gasteiger partial charge in [-0.25, -0.2) is 0 Å². The lowest BCUT2D eigenvalue weighted by Gasteiger charge is -2.29. The SMILES string of the molecule is Cc1nc(C2CCCN2CC2CCNCC2)no1. The van der Waals surface area contributed by atoms with Gasteiger partial charge in [-0.05, 0) is 51.2 Å². The lowest BCUT2D eigenvalue weighted by molar-refractivity contribution is 0.185. The molecule has 0 aromatic carbocycles. The number of aromatic nitrogens is 2. The minimum atomic E-state index is 0.386.